The van der Waals surface area contributed by atoms with Crippen molar-refractivity contribution in [3.63, 3.8) is 0 Å². The van der Waals surface area contributed by atoms with Gasteiger partial charge in [-0.05, 0) is 0 Å². The third-order valence-corrected chi connectivity index (χ3v) is 3.06. The minimum atomic E-state index is -1.10. The molecule has 3 aliphatic rings. The summed E-state index contributed by atoms with van der Waals surface area (Å²) >= 11 is 0. The second-order valence-corrected chi connectivity index (χ2v) is 3.96. The van der Waals surface area contributed by atoms with Crippen LogP contribution in [0.15, 0.2) is 0 Å². The fraction of sp³-hybridized carbons (Fsp3) is 0.857. The molecular weight excluding hydrogens is 202 g/mol. The highest BCUT2D eigenvalue weighted by Crippen LogP contribution is 2.39. The lowest BCUT2D eigenvalue weighted by molar-refractivity contribution is -0.155. The van der Waals surface area contributed by atoms with Crippen LogP contribution in [0.2, 0.25) is 0 Å². The highest BCUT2D eigenvalue weighted by Gasteiger charge is 2.57. The van der Waals surface area contributed by atoms with Crippen molar-refractivity contribution in [2.75, 3.05) is 0 Å². The molecule has 0 unspecified atom stereocenters. The van der Waals surface area contributed by atoms with Gasteiger partial charge in [0.25, 0.3) is 0 Å². The van der Waals surface area contributed by atoms with E-state index in [1.807, 2.05) is 0 Å². The summed E-state index contributed by atoms with van der Waals surface area (Å²) in [5.74, 6) is -0.476. The quantitative estimate of drug-likeness (QED) is 0.480. The van der Waals surface area contributed by atoms with E-state index in [0.29, 0.717) is 6.42 Å². The smallest absolute Gasteiger partial charge is 0.509 e. The van der Waals surface area contributed by atoms with E-state index in [1.54, 1.807) is 0 Å². The highest BCUT2D eigenvalue weighted by molar-refractivity contribution is 6.27. The van der Waals surface area contributed by atoms with Crippen LogP contribution in [0.4, 0.5) is 0 Å². The molecule has 4 atom stereocenters. The zero-order valence-corrected chi connectivity index (χ0v) is 7.79. The summed E-state index contributed by atoms with van der Waals surface area (Å²) in [7, 11) is 2.20. The molecule has 2 heterocycles. The Labute approximate surface area is 87.4 Å². The number of hydrogen-bond donors (Lipinski definition) is 1. The van der Waals surface area contributed by atoms with E-state index in [1.165, 1.54) is 7.69 Å². The van der Waals surface area contributed by atoms with E-state index >= 15 is 0 Å². The van der Waals surface area contributed by atoms with Gasteiger partial charge in [-0.3, -0.25) is 4.79 Å². The number of hydrogen-bond acceptors (Lipinski definition) is 6. The van der Waals surface area contributed by atoms with Gasteiger partial charge in [-0.25, -0.2) is 0 Å². The average Bonchev–Trinajstić information content (AvgIpc) is 2.76. The molecule has 0 aromatic heterocycles. The Bertz CT molecular complexity index is 299. The van der Waals surface area contributed by atoms with Crippen molar-refractivity contribution in [3.8, 4) is 0 Å². The fourth-order valence-electron chi connectivity index (χ4n) is 2.28. The van der Waals surface area contributed by atoms with Gasteiger partial charge in [0.2, 0.25) is 0 Å². The van der Waals surface area contributed by atoms with Crippen LogP contribution in [-0.2, 0) is 23.4 Å². The Hall–Kier alpha value is -0.560. The third kappa shape index (κ3) is 1.32. The molecule has 0 amide bonds. The largest absolute Gasteiger partial charge is 0.575 e. The Morgan fingerprint density at radius 2 is 2.20 bits per heavy atom. The number of carbonyl (C=O) groups excluding carboxylic acids is 1. The number of fused-ring (bicyclic) bond motifs is 1. The Balaban J connectivity index is 1.85. The minimum Gasteiger partial charge on any atom is -0.509 e. The molecule has 1 saturated carbocycles. The van der Waals surface area contributed by atoms with Gasteiger partial charge in [0, 0.05) is 12.8 Å². The fourth-order valence-corrected chi connectivity index (χ4v) is 2.28. The zero-order chi connectivity index (χ0) is 10.5. The Kier molecular flexibility index (Phi) is 2.07. The number of carbonyl (C=O) groups is 1. The van der Waals surface area contributed by atoms with Crippen molar-refractivity contribution >= 4 is 21.3 Å². The molecule has 2 radical (unpaired) electrons. The van der Waals surface area contributed by atoms with Gasteiger partial charge in [0.1, 0.15) is 0 Å². The summed E-state index contributed by atoms with van der Waals surface area (Å²) in [6, 6.07) is 0. The molecule has 2 saturated heterocycles. The number of aliphatic hydroxyl groups excluding tert-OH is 1. The van der Waals surface area contributed by atoms with Crippen LogP contribution < -0.4 is 0 Å². The molecule has 0 aromatic rings. The zero-order valence-electron chi connectivity index (χ0n) is 7.79. The van der Waals surface area contributed by atoms with Gasteiger partial charge in [-0.15, -0.1) is 0 Å². The van der Waals surface area contributed by atoms with Gasteiger partial charge in [-0.1, -0.05) is 0 Å². The molecule has 0 bridgehead atoms. The lowest BCUT2D eigenvalue weighted by Crippen LogP contribution is -2.54. The first kappa shape index (κ1) is 9.65. The molecule has 8 heteroatoms. The topological polar surface area (TPSA) is 74.2 Å². The van der Waals surface area contributed by atoms with Gasteiger partial charge in [0.15, 0.2) is 5.60 Å². The molecule has 15 heavy (non-hydrogen) atoms. The van der Waals surface area contributed by atoms with E-state index in [4.69, 9.17) is 14.0 Å². The molecular formula is C7H8B2O6. The minimum absolute atomic E-state index is 0.167. The Morgan fingerprint density at radius 3 is 2.93 bits per heavy atom. The lowest BCUT2D eigenvalue weighted by atomic mass is 9.79. The van der Waals surface area contributed by atoms with E-state index in [9.17, 15) is 9.90 Å². The van der Waals surface area contributed by atoms with Gasteiger partial charge >= 0.3 is 21.3 Å². The summed E-state index contributed by atoms with van der Waals surface area (Å²) in [5, 5.41) is 9.80. The molecule has 78 valence electrons. The predicted octanol–water partition coefficient (Wildman–Crippen LogP) is -1.69. The first-order chi connectivity index (χ1) is 7.21. The molecule has 3 fully saturated rings. The van der Waals surface area contributed by atoms with E-state index in [2.05, 4.69) is 4.65 Å². The standard InChI is InChI=1S/C7H8B2O6/c10-3-1-7(6(11)14-9-15-7)2-4-5(3)13-8-12-4/h3-5,10H,1-2H2/t3-,4-,5+,7-/m1/s1. The normalized spacial score (nSPS) is 48.3. The molecule has 0 aromatic carbocycles. The van der Waals surface area contributed by atoms with Crippen molar-refractivity contribution in [1.29, 1.82) is 0 Å². The number of rotatable bonds is 0. The maximum atomic E-state index is 11.5. The van der Waals surface area contributed by atoms with Crippen LogP contribution >= 0.6 is 0 Å². The lowest BCUT2D eigenvalue weighted by Gasteiger charge is -2.38. The summed E-state index contributed by atoms with van der Waals surface area (Å²) in [6.45, 7) is 0. The summed E-state index contributed by atoms with van der Waals surface area (Å²) < 4.78 is 20.1. The van der Waals surface area contributed by atoms with E-state index in [0.717, 1.165) is 7.69 Å². The first-order valence-electron chi connectivity index (χ1n) is 4.73. The van der Waals surface area contributed by atoms with Crippen LogP contribution in [0.3, 0.4) is 0 Å². The molecule has 3 rings (SSSR count). The second kappa shape index (κ2) is 3.21. The number of aliphatic hydroxyl groups is 1. The van der Waals surface area contributed by atoms with E-state index in [-0.39, 0.29) is 12.5 Å². The van der Waals surface area contributed by atoms with Crippen molar-refractivity contribution < 1.29 is 28.5 Å². The van der Waals surface area contributed by atoms with Crippen molar-refractivity contribution in [2.24, 2.45) is 0 Å². The van der Waals surface area contributed by atoms with Crippen LogP contribution in [0.25, 0.3) is 0 Å². The van der Waals surface area contributed by atoms with E-state index < -0.39 is 23.8 Å². The van der Waals surface area contributed by atoms with Crippen LogP contribution in [0, 0.1) is 0 Å². The van der Waals surface area contributed by atoms with Gasteiger partial charge < -0.3 is 23.7 Å². The van der Waals surface area contributed by atoms with Crippen LogP contribution in [0.5, 0.6) is 0 Å². The van der Waals surface area contributed by atoms with Crippen molar-refractivity contribution in [2.45, 2.75) is 36.8 Å². The SMILES string of the molecule is O=C1O[B]O[C@@]12C[C@@H](O)[C@@H]1O[B]O[C@@H]1C2. The molecule has 1 aliphatic carbocycles. The maximum Gasteiger partial charge on any atom is 0.575 e. The highest BCUT2D eigenvalue weighted by atomic mass is 16.7. The molecule has 6 nitrogen and oxygen atoms in total. The van der Waals surface area contributed by atoms with Crippen LogP contribution in [0.1, 0.15) is 12.8 Å². The van der Waals surface area contributed by atoms with Gasteiger partial charge in [-0.2, -0.15) is 0 Å². The second-order valence-electron chi connectivity index (χ2n) is 3.96. The Morgan fingerprint density at radius 1 is 1.33 bits per heavy atom. The van der Waals surface area contributed by atoms with Crippen molar-refractivity contribution in [3.05, 3.63) is 0 Å². The molecule has 2 aliphatic heterocycles. The van der Waals surface area contributed by atoms with Crippen molar-refractivity contribution in [1.82, 2.24) is 0 Å². The summed E-state index contributed by atoms with van der Waals surface area (Å²) in [4.78, 5) is 11.5. The van der Waals surface area contributed by atoms with Gasteiger partial charge in [0.05, 0.1) is 18.3 Å². The predicted molar refractivity (Wildman–Crippen MR) is 46.4 cm³/mol. The summed E-state index contributed by atoms with van der Waals surface area (Å²) in [6.07, 6.45) is -1.05. The molecule has 1 N–H and O–H groups in total. The molecule has 1 spiro atoms. The maximum absolute atomic E-state index is 11.5. The third-order valence-electron chi connectivity index (χ3n) is 3.06. The van der Waals surface area contributed by atoms with Crippen LogP contribution in [-0.4, -0.2) is 50.4 Å². The average molecular weight is 210 g/mol. The summed E-state index contributed by atoms with van der Waals surface area (Å²) in [5.41, 5.74) is -1.10. The monoisotopic (exact) mass is 210 g/mol. The first-order valence-corrected chi connectivity index (χ1v) is 4.73.